The minimum absolute atomic E-state index is 0.432. The highest BCUT2D eigenvalue weighted by Gasteiger charge is 2.31. The molecule has 2 rings (SSSR count). The Morgan fingerprint density at radius 3 is 1.12 bits per heavy atom. The quantitative estimate of drug-likeness (QED) is 0.0875. The summed E-state index contributed by atoms with van der Waals surface area (Å²) in [5, 5.41) is 105. The van der Waals surface area contributed by atoms with Crippen molar-refractivity contribution in [1.29, 1.82) is 0 Å². The summed E-state index contributed by atoms with van der Waals surface area (Å²) in [5.41, 5.74) is 2.68. The lowest BCUT2D eigenvalue weighted by Gasteiger charge is -2.25. The van der Waals surface area contributed by atoms with E-state index in [-0.39, 0.29) is 0 Å². The van der Waals surface area contributed by atoms with Gasteiger partial charge in [-0.25, -0.2) is 9.59 Å². The molecule has 2 aromatic carbocycles. The second-order valence-electron chi connectivity index (χ2n) is 9.84. The molecule has 0 bridgehead atoms. The van der Waals surface area contributed by atoms with Gasteiger partial charge in [0.15, 0.2) is 0 Å². The van der Waals surface area contributed by atoms with E-state index in [1.54, 1.807) is 48.5 Å². The van der Waals surface area contributed by atoms with Gasteiger partial charge in [-0.15, -0.1) is 0 Å². The molecule has 43 heavy (non-hydrogen) atoms. The number of aliphatic hydroxyl groups is 10. The molecular formula is C27H40N4O12. The topological polar surface area (TPSA) is 285 Å². The molecule has 2 aromatic rings. The lowest BCUT2D eigenvalue weighted by atomic mass is 10.0. The van der Waals surface area contributed by atoms with E-state index in [1.165, 1.54) is 0 Å². The molecule has 240 valence electrons. The van der Waals surface area contributed by atoms with E-state index < -0.39 is 87.2 Å². The lowest BCUT2D eigenvalue weighted by molar-refractivity contribution is -0.113. The van der Waals surface area contributed by atoms with Gasteiger partial charge in [0.2, 0.25) is 0 Å². The zero-order valence-corrected chi connectivity index (χ0v) is 23.1. The number of amides is 4. The minimum Gasteiger partial charge on any atom is -0.394 e. The number of carbonyl (C=O) groups excluding carboxylic acids is 2. The third kappa shape index (κ3) is 11.6. The van der Waals surface area contributed by atoms with Crippen molar-refractivity contribution < 1.29 is 60.7 Å². The van der Waals surface area contributed by atoms with E-state index in [4.69, 9.17) is 10.2 Å². The van der Waals surface area contributed by atoms with Gasteiger partial charge in [-0.2, -0.15) is 0 Å². The molecule has 0 aliphatic heterocycles. The summed E-state index contributed by atoms with van der Waals surface area (Å²) in [6, 6.07) is 12.3. The van der Waals surface area contributed by atoms with Gasteiger partial charge in [0, 0.05) is 24.5 Å². The zero-order chi connectivity index (χ0) is 32.1. The van der Waals surface area contributed by atoms with E-state index in [1.807, 2.05) is 0 Å². The van der Waals surface area contributed by atoms with Gasteiger partial charge in [-0.3, -0.25) is 0 Å². The second kappa shape index (κ2) is 17.6. The van der Waals surface area contributed by atoms with Crippen molar-refractivity contribution in [2.24, 2.45) is 0 Å². The Labute approximate surface area is 246 Å². The van der Waals surface area contributed by atoms with Gasteiger partial charge >= 0.3 is 12.1 Å². The van der Waals surface area contributed by atoms with Crippen LogP contribution in [0, 0.1) is 0 Å². The molecule has 16 heteroatoms. The van der Waals surface area contributed by atoms with Crippen molar-refractivity contribution in [2.75, 3.05) is 36.9 Å². The van der Waals surface area contributed by atoms with Gasteiger partial charge in [-0.05, 0) is 41.8 Å². The van der Waals surface area contributed by atoms with Gasteiger partial charge in [0.05, 0.1) is 25.4 Å². The van der Waals surface area contributed by atoms with Crippen LogP contribution in [-0.2, 0) is 6.42 Å². The number of benzene rings is 2. The molecule has 0 saturated heterocycles. The van der Waals surface area contributed by atoms with Crippen LogP contribution < -0.4 is 21.3 Å². The van der Waals surface area contributed by atoms with Crippen molar-refractivity contribution in [1.82, 2.24) is 10.6 Å². The van der Waals surface area contributed by atoms with Crippen molar-refractivity contribution in [2.45, 2.75) is 55.3 Å². The Morgan fingerprint density at radius 2 is 0.814 bits per heavy atom. The maximum atomic E-state index is 12.1. The van der Waals surface area contributed by atoms with E-state index in [9.17, 15) is 50.4 Å². The summed E-state index contributed by atoms with van der Waals surface area (Å²) < 4.78 is 0. The van der Waals surface area contributed by atoms with Crippen LogP contribution in [-0.4, -0.2) is 138 Å². The van der Waals surface area contributed by atoms with Crippen LogP contribution in [0.25, 0.3) is 0 Å². The largest absolute Gasteiger partial charge is 0.394 e. The zero-order valence-electron chi connectivity index (χ0n) is 23.1. The molecule has 0 heterocycles. The van der Waals surface area contributed by atoms with E-state index in [2.05, 4.69) is 21.3 Å². The fraction of sp³-hybridized carbons (Fsp3) is 0.481. The average molecular weight is 613 g/mol. The standard InChI is InChI=1S/C27H40N4O12/c32-12-20(36)24(40)22(38)18(34)10-28-26(42)30-16-5-1-14(2-6-16)9-15-3-7-17(8-4-15)31-27(43)29-11-19(35)23(39)25(41)21(37)13-33/h1-8,18-25,32-41H,9-13H2,(H2,28,30,42)(H2,29,31,43)/t18-,19-,20+,21+,22+,23+,24+,25+/m0/s1. The molecule has 8 atom stereocenters. The highest BCUT2D eigenvalue weighted by molar-refractivity contribution is 5.89. The van der Waals surface area contributed by atoms with E-state index in [0.717, 1.165) is 11.1 Å². The molecule has 0 saturated carbocycles. The first-order valence-electron chi connectivity index (χ1n) is 13.3. The molecule has 0 aliphatic carbocycles. The van der Waals surface area contributed by atoms with Crippen molar-refractivity contribution in [3.05, 3.63) is 59.7 Å². The molecular weight excluding hydrogens is 572 g/mol. The van der Waals surface area contributed by atoms with Gasteiger partial charge in [-0.1, -0.05) is 24.3 Å². The number of hydrogen-bond donors (Lipinski definition) is 14. The van der Waals surface area contributed by atoms with Gasteiger partial charge in [0.25, 0.3) is 0 Å². The Morgan fingerprint density at radius 1 is 0.512 bits per heavy atom. The summed E-state index contributed by atoms with van der Waals surface area (Å²) in [4.78, 5) is 24.2. The summed E-state index contributed by atoms with van der Waals surface area (Å²) in [7, 11) is 0. The number of anilines is 2. The van der Waals surface area contributed by atoms with Crippen molar-refractivity contribution in [3.63, 3.8) is 0 Å². The Hall–Kier alpha value is -3.42. The first kappa shape index (κ1) is 35.8. The summed E-state index contributed by atoms with van der Waals surface area (Å²) in [6.07, 6.45) is -13.1. The molecule has 0 aliphatic rings. The smallest absolute Gasteiger partial charge is 0.319 e. The number of rotatable bonds is 16. The average Bonchev–Trinajstić information content (AvgIpc) is 3.01. The normalized spacial score (nSPS) is 17.0. The first-order chi connectivity index (χ1) is 20.4. The van der Waals surface area contributed by atoms with Gasteiger partial charge in [0.1, 0.15) is 36.6 Å². The molecule has 0 aromatic heterocycles. The molecule has 0 radical (unpaired) electrons. The summed E-state index contributed by atoms with van der Waals surface area (Å²) in [5.74, 6) is 0. The van der Waals surface area contributed by atoms with Crippen LogP contribution >= 0.6 is 0 Å². The molecule has 0 spiro atoms. The lowest BCUT2D eigenvalue weighted by Crippen LogP contribution is -2.50. The predicted octanol–water partition coefficient (Wildman–Crippen LogP) is -3.61. The molecule has 0 unspecified atom stereocenters. The van der Waals surface area contributed by atoms with Crippen molar-refractivity contribution >= 4 is 23.4 Å². The molecule has 0 fully saturated rings. The highest BCUT2D eigenvalue weighted by Crippen LogP contribution is 2.16. The predicted molar refractivity (Wildman–Crippen MR) is 152 cm³/mol. The van der Waals surface area contributed by atoms with E-state index in [0.29, 0.717) is 17.8 Å². The fourth-order valence-electron chi connectivity index (χ4n) is 3.76. The summed E-state index contributed by atoms with van der Waals surface area (Å²) >= 11 is 0. The molecule has 14 N–H and O–H groups in total. The third-order valence-corrected chi connectivity index (χ3v) is 6.43. The van der Waals surface area contributed by atoms with E-state index >= 15 is 0 Å². The number of aliphatic hydroxyl groups excluding tert-OH is 10. The first-order valence-corrected chi connectivity index (χ1v) is 13.3. The number of hydrogen-bond acceptors (Lipinski definition) is 12. The fourth-order valence-corrected chi connectivity index (χ4v) is 3.76. The monoisotopic (exact) mass is 612 g/mol. The van der Waals surface area contributed by atoms with Crippen LogP contribution in [0.15, 0.2) is 48.5 Å². The Balaban J connectivity index is 1.78. The number of urea groups is 2. The SMILES string of the molecule is O=C(NC[C@H](O)[C@@H](O)[C@H](O)[C@H](O)CO)Nc1ccc(Cc2ccc(NC(=O)NC[C@H](O)[C@@H](O)[C@H](O)[C@H](O)CO)cc2)cc1. The third-order valence-electron chi connectivity index (χ3n) is 6.43. The van der Waals surface area contributed by atoms with Crippen LogP contribution in [0.4, 0.5) is 21.0 Å². The Kier molecular flexibility index (Phi) is 14.7. The maximum Gasteiger partial charge on any atom is 0.319 e. The van der Waals surface area contributed by atoms with Gasteiger partial charge < -0.3 is 72.3 Å². The molecule has 4 amide bonds. The summed E-state index contributed by atoms with van der Waals surface area (Å²) in [6.45, 7) is -2.49. The van der Waals surface area contributed by atoms with Crippen LogP contribution in [0.5, 0.6) is 0 Å². The minimum atomic E-state index is -1.80. The molecule has 16 nitrogen and oxygen atoms in total. The second-order valence-corrected chi connectivity index (χ2v) is 9.84. The van der Waals surface area contributed by atoms with Crippen LogP contribution in [0.3, 0.4) is 0 Å². The Bertz CT molecular complexity index is 1040. The number of nitrogens with one attached hydrogen (secondary N) is 4. The van der Waals surface area contributed by atoms with Crippen molar-refractivity contribution in [3.8, 4) is 0 Å². The van der Waals surface area contributed by atoms with Crippen LogP contribution in [0.1, 0.15) is 11.1 Å². The maximum absolute atomic E-state index is 12.1. The number of carbonyl (C=O) groups is 2. The van der Waals surface area contributed by atoms with Crippen LogP contribution in [0.2, 0.25) is 0 Å². The highest BCUT2D eigenvalue weighted by atomic mass is 16.4.